The monoisotopic (exact) mass is 290 g/mol. The Morgan fingerprint density at radius 1 is 1.43 bits per heavy atom. The Morgan fingerprint density at radius 2 is 2.24 bits per heavy atom. The van der Waals surface area contributed by atoms with Gasteiger partial charge < -0.3 is 10.1 Å². The maximum Gasteiger partial charge on any atom is 0.234 e. The molecule has 1 aromatic rings. The molecule has 1 aliphatic rings. The smallest absolute Gasteiger partial charge is 0.234 e. The number of carbonyl (C=O) groups is 1. The number of aryl methyl sites for hydroxylation is 1. The van der Waals surface area contributed by atoms with E-state index in [2.05, 4.69) is 36.2 Å². The summed E-state index contributed by atoms with van der Waals surface area (Å²) >= 11 is 0. The van der Waals surface area contributed by atoms with Gasteiger partial charge in [0, 0.05) is 19.7 Å². The third kappa shape index (κ3) is 5.14. The van der Waals surface area contributed by atoms with E-state index in [-0.39, 0.29) is 5.91 Å². The number of amides is 1. The predicted octanol–water partition coefficient (Wildman–Crippen LogP) is 1.97. The van der Waals surface area contributed by atoms with E-state index in [1.165, 1.54) is 11.1 Å². The highest BCUT2D eigenvalue weighted by atomic mass is 16.5. The molecule has 1 aromatic carbocycles. The third-order valence-corrected chi connectivity index (χ3v) is 4.09. The first-order valence-electron chi connectivity index (χ1n) is 7.80. The summed E-state index contributed by atoms with van der Waals surface area (Å²) in [6, 6.07) is 8.15. The molecule has 116 valence electrons. The predicted molar refractivity (Wildman–Crippen MR) is 84.1 cm³/mol. The average Bonchev–Trinajstić information content (AvgIpc) is 2.98. The fraction of sp³-hybridized carbons (Fsp3) is 0.588. The standard InChI is InChI=1S/C17H26N2O2/c1-3-19(11-15-8-9-21-13-15)12-17(20)18-10-16-7-5-4-6-14(16)2/h4-7,15H,3,8-13H2,1-2H3,(H,18,20). The van der Waals surface area contributed by atoms with Crippen LogP contribution in [0.15, 0.2) is 24.3 Å². The second-order valence-corrected chi connectivity index (χ2v) is 5.76. The number of hydrogen-bond donors (Lipinski definition) is 1. The van der Waals surface area contributed by atoms with Crippen LogP contribution < -0.4 is 5.32 Å². The van der Waals surface area contributed by atoms with Crippen LogP contribution in [0.1, 0.15) is 24.5 Å². The van der Waals surface area contributed by atoms with E-state index in [1.54, 1.807) is 0 Å². The molecule has 1 heterocycles. The summed E-state index contributed by atoms with van der Waals surface area (Å²) in [5.74, 6) is 0.674. The lowest BCUT2D eigenvalue weighted by Crippen LogP contribution is -2.39. The van der Waals surface area contributed by atoms with Crippen LogP contribution in [0.2, 0.25) is 0 Å². The number of benzene rings is 1. The highest BCUT2D eigenvalue weighted by Crippen LogP contribution is 2.13. The quantitative estimate of drug-likeness (QED) is 0.835. The van der Waals surface area contributed by atoms with Crippen LogP contribution in [0.5, 0.6) is 0 Å². The zero-order valence-corrected chi connectivity index (χ0v) is 13.1. The second kappa shape index (κ2) is 8.15. The molecule has 21 heavy (non-hydrogen) atoms. The Balaban J connectivity index is 1.75. The Labute approximate surface area is 127 Å². The molecule has 2 rings (SSSR count). The first kappa shape index (κ1) is 16.0. The number of hydrogen-bond acceptors (Lipinski definition) is 3. The van der Waals surface area contributed by atoms with Gasteiger partial charge in [0.1, 0.15) is 0 Å². The molecular weight excluding hydrogens is 264 g/mol. The van der Waals surface area contributed by atoms with Crippen molar-refractivity contribution in [3.63, 3.8) is 0 Å². The third-order valence-electron chi connectivity index (χ3n) is 4.09. The van der Waals surface area contributed by atoms with Crippen LogP contribution >= 0.6 is 0 Å². The lowest BCUT2D eigenvalue weighted by molar-refractivity contribution is -0.122. The van der Waals surface area contributed by atoms with Crippen LogP contribution in [0.4, 0.5) is 0 Å². The van der Waals surface area contributed by atoms with Gasteiger partial charge in [0.25, 0.3) is 0 Å². The van der Waals surface area contributed by atoms with Crippen molar-refractivity contribution in [1.82, 2.24) is 10.2 Å². The molecule has 0 saturated carbocycles. The highest BCUT2D eigenvalue weighted by Gasteiger charge is 2.19. The molecule has 1 atom stereocenters. The molecule has 4 nitrogen and oxygen atoms in total. The number of ether oxygens (including phenoxy) is 1. The van der Waals surface area contributed by atoms with Crippen molar-refractivity contribution in [3.8, 4) is 0 Å². The van der Waals surface area contributed by atoms with E-state index < -0.39 is 0 Å². The zero-order chi connectivity index (χ0) is 15.1. The van der Waals surface area contributed by atoms with Gasteiger partial charge in [0.15, 0.2) is 0 Å². The van der Waals surface area contributed by atoms with Crippen molar-refractivity contribution in [2.24, 2.45) is 5.92 Å². The summed E-state index contributed by atoms with van der Waals surface area (Å²) in [4.78, 5) is 14.3. The van der Waals surface area contributed by atoms with E-state index >= 15 is 0 Å². The van der Waals surface area contributed by atoms with Crippen LogP contribution in [0.3, 0.4) is 0 Å². The zero-order valence-electron chi connectivity index (χ0n) is 13.1. The van der Waals surface area contributed by atoms with E-state index in [4.69, 9.17) is 4.74 Å². The number of likely N-dealkylation sites (N-methyl/N-ethyl adjacent to an activating group) is 1. The molecule has 0 spiro atoms. The van der Waals surface area contributed by atoms with Crippen molar-refractivity contribution >= 4 is 5.91 Å². The van der Waals surface area contributed by atoms with Crippen molar-refractivity contribution in [3.05, 3.63) is 35.4 Å². The van der Waals surface area contributed by atoms with E-state index in [0.29, 0.717) is 19.0 Å². The topological polar surface area (TPSA) is 41.6 Å². The lowest BCUT2D eigenvalue weighted by Gasteiger charge is -2.22. The molecule has 4 heteroatoms. The van der Waals surface area contributed by atoms with Gasteiger partial charge in [0.05, 0.1) is 13.2 Å². The Bertz CT molecular complexity index is 456. The number of carbonyl (C=O) groups excluding carboxylic acids is 1. The largest absolute Gasteiger partial charge is 0.381 e. The summed E-state index contributed by atoms with van der Waals surface area (Å²) in [6.07, 6.45) is 1.11. The van der Waals surface area contributed by atoms with Gasteiger partial charge in [-0.2, -0.15) is 0 Å². The molecule has 1 unspecified atom stereocenters. The van der Waals surface area contributed by atoms with Crippen LogP contribution in [0.25, 0.3) is 0 Å². The fourth-order valence-corrected chi connectivity index (χ4v) is 2.66. The first-order chi connectivity index (χ1) is 10.2. The number of nitrogens with one attached hydrogen (secondary N) is 1. The van der Waals surface area contributed by atoms with Gasteiger partial charge in [-0.3, -0.25) is 9.69 Å². The summed E-state index contributed by atoms with van der Waals surface area (Å²) in [5, 5.41) is 3.02. The van der Waals surface area contributed by atoms with E-state index in [0.717, 1.165) is 32.7 Å². The van der Waals surface area contributed by atoms with Crippen molar-refractivity contribution < 1.29 is 9.53 Å². The normalized spacial score (nSPS) is 18.1. The fourth-order valence-electron chi connectivity index (χ4n) is 2.66. The minimum Gasteiger partial charge on any atom is -0.381 e. The average molecular weight is 290 g/mol. The summed E-state index contributed by atoms with van der Waals surface area (Å²) in [7, 11) is 0. The maximum absolute atomic E-state index is 12.1. The molecule has 1 N–H and O–H groups in total. The molecule has 1 aliphatic heterocycles. The van der Waals surface area contributed by atoms with Crippen LogP contribution in [-0.2, 0) is 16.1 Å². The lowest BCUT2D eigenvalue weighted by atomic mass is 10.1. The van der Waals surface area contributed by atoms with E-state index in [1.807, 2.05) is 12.1 Å². The molecule has 1 saturated heterocycles. The number of nitrogens with zero attached hydrogens (tertiary/aromatic N) is 1. The Kier molecular flexibility index (Phi) is 6.21. The first-order valence-corrected chi connectivity index (χ1v) is 7.80. The van der Waals surface area contributed by atoms with Gasteiger partial charge in [-0.15, -0.1) is 0 Å². The van der Waals surface area contributed by atoms with Crippen LogP contribution in [-0.4, -0.2) is 43.7 Å². The van der Waals surface area contributed by atoms with E-state index in [9.17, 15) is 4.79 Å². The minimum absolute atomic E-state index is 0.0963. The molecule has 0 radical (unpaired) electrons. The Morgan fingerprint density at radius 3 is 2.90 bits per heavy atom. The molecule has 1 amide bonds. The van der Waals surface area contributed by atoms with Gasteiger partial charge >= 0.3 is 0 Å². The van der Waals surface area contributed by atoms with Gasteiger partial charge in [-0.05, 0) is 36.9 Å². The summed E-state index contributed by atoms with van der Waals surface area (Å²) in [5.41, 5.74) is 2.39. The van der Waals surface area contributed by atoms with Gasteiger partial charge in [0.2, 0.25) is 5.91 Å². The molecule has 0 aromatic heterocycles. The van der Waals surface area contributed by atoms with Crippen molar-refractivity contribution in [1.29, 1.82) is 0 Å². The minimum atomic E-state index is 0.0963. The Hall–Kier alpha value is -1.39. The molecule has 1 fully saturated rings. The highest BCUT2D eigenvalue weighted by molar-refractivity contribution is 5.78. The van der Waals surface area contributed by atoms with Crippen molar-refractivity contribution in [2.75, 3.05) is 32.8 Å². The molecule has 0 bridgehead atoms. The number of rotatable bonds is 7. The van der Waals surface area contributed by atoms with Gasteiger partial charge in [-0.1, -0.05) is 31.2 Å². The summed E-state index contributed by atoms with van der Waals surface area (Å²) in [6.45, 7) is 8.80. The van der Waals surface area contributed by atoms with Gasteiger partial charge in [-0.25, -0.2) is 0 Å². The maximum atomic E-state index is 12.1. The SMILES string of the molecule is CCN(CC(=O)NCc1ccccc1C)CC1CCOC1. The second-order valence-electron chi connectivity index (χ2n) is 5.76. The molecule has 0 aliphatic carbocycles. The molecular formula is C17H26N2O2. The van der Waals surface area contributed by atoms with Crippen LogP contribution in [0, 0.1) is 12.8 Å². The summed E-state index contributed by atoms with van der Waals surface area (Å²) < 4.78 is 5.40. The van der Waals surface area contributed by atoms with Crippen molar-refractivity contribution in [2.45, 2.75) is 26.8 Å².